The number of ether oxygens (including phenoxy) is 1. The number of amides is 2. The summed E-state index contributed by atoms with van der Waals surface area (Å²) in [4.78, 5) is 37.2. The normalized spacial score (nSPS) is 11.8. The Labute approximate surface area is 235 Å². The van der Waals surface area contributed by atoms with E-state index in [1.54, 1.807) is 54.9 Å². The zero-order valence-corrected chi connectivity index (χ0v) is 23.8. The molecule has 1 aromatic heterocycles. The van der Waals surface area contributed by atoms with Gasteiger partial charge in [0.2, 0.25) is 5.91 Å². The lowest BCUT2D eigenvalue weighted by atomic mass is 10.0. The van der Waals surface area contributed by atoms with Crippen LogP contribution in [0.15, 0.2) is 47.6 Å². The number of halogens is 2. The number of benzene rings is 2. The average Bonchev–Trinajstić information content (AvgIpc) is 3.22. The van der Waals surface area contributed by atoms with Crippen molar-refractivity contribution in [3.63, 3.8) is 0 Å². The summed E-state index contributed by atoms with van der Waals surface area (Å²) < 4.78 is 6.73. The maximum absolute atomic E-state index is 13.0. The summed E-state index contributed by atoms with van der Waals surface area (Å²) in [6, 6.07) is 10.7. The smallest absolute Gasteiger partial charge is 0.338 e. The Hall–Kier alpha value is -3.08. The Bertz CT molecular complexity index is 1300. The molecular weight excluding hydrogens is 549 g/mol. The molecule has 0 aliphatic carbocycles. The fraction of sp³-hybridized carbons (Fsp3) is 0.346. The molecule has 2 N–H and O–H groups in total. The molecule has 0 saturated carbocycles. The lowest BCUT2D eigenvalue weighted by molar-refractivity contribution is -0.113. The van der Waals surface area contributed by atoms with Gasteiger partial charge in [0.1, 0.15) is 0 Å². The molecule has 1 heterocycles. The van der Waals surface area contributed by atoms with Gasteiger partial charge in [-0.3, -0.25) is 9.59 Å². The second kappa shape index (κ2) is 13.6. The van der Waals surface area contributed by atoms with Gasteiger partial charge in [-0.05, 0) is 61.7 Å². The third kappa shape index (κ3) is 7.96. The molecule has 0 aliphatic heterocycles. The number of hydrogen-bond donors (Lipinski definition) is 2. The number of hydrogen-bond acceptors (Lipinski definition) is 7. The van der Waals surface area contributed by atoms with Gasteiger partial charge >= 0.3 is 5.97 Å². The topological polar surface area (TPSA) is 115 Å². The summed E-state index contributed by atoms with van der Waals surface area (Å²) in [5.41, 5.74) is 1.28. The molecular formula is C26H29Cl2N5O4S. The van der Waals surface area contributed by atoms with Crippen molar-refractivity contribution in [3.8, 4) is 0 Å². The highest BCUT2D eigenvalue weighted by atomic mass is 35.5. The van der Waals surface area contributed by atoms with Crippen LogP contribution in [-0.4, -0.2) is 44.9 Å². The van der Waals surface area contributed by atoms with E-state index in [-0.39, 0.29) is 28.5 Å². The van der Waals surface area contributed by atoms with Gasteiger partial charge in [-0.2, -0.15) is 0 Å². The van der Waals surface area contributed by atoms with Crippen LogP contribution in [0.1, 0.15) is 59.8 Å². The third-order valence-electron chi connectivity index (χ3n) is 5.38. The number of esters is 1. The van der Waals surface area contributed by atoms with Crippen LogP contribution in [0, 0.1) is 5.92 Å². The summed E-state index contributed by atoms with van der Waals surface area (Å²) >= 11 is 13.4. The van der Waals surface area contributed by atoms with Crippen molar-refractivity contribution >= 4 is 58.4 Å². The van der Waals surface area contributed by atoms with Crippen LogP contribution < -0.4 is 10.6 Å². The lowest BCUT2D eigenvalue weighted by Gasteiger charge is -2.20. The van der Waals surface area contributed by atoms with E-state index < -0.39 is 12.0 Å². The Morgan fingerprint density at radius 1 is 1.08 bits per heavy atom. The number of carbonyl (C=O) groups is 3. The highest BCUT2D eigenvalue weighted by molar-refractivity contribution is 7.99. The fourth-order valence-electron chi connectivity index (χ4n) is 3.60. The monoisotopic (exact) mass is 577 g/mol. The van der Waals surface area contributed by atoms with Gasteiger partial charge in [-0.1, -0.05) is 48.8 Å². The first-order chi connectivity index (χ1) is 18.1. The van der Waals surface area contributed by atoms with E-state index in [9.17, 15) is 14.4 Å². The van der Waals surface area contributed by atoms with E-state index in [2.05, 4.69) is 20.8 Å². The van der Waals surface area contributed by atoms with Gasteiger partial charge in [-0.25, -0.2) is 4.79 Å². The second-order valence-electron chi connectivity index (χ2n) is 8.81. The largest absolute Gasteiger partial charge is 0.462 e. The zero-order chi connectivity index (χ0) is 27.8. The van der Waals surface area contributed by atoms with Crippen molar-refractivity contribution in [1.29, 1.82) is 0 Å². The van der Waals surface area contributed by atoms with Gasteiger partial charge in [0.05, 0.1) is 34.6 Å². The molecule has 0 fully saturated rings. The highest BCUT2D eigenvalue weighted by Crippen LogP contribution is 2.26. The van der Waals surface area contributed by atoms with Crippen LogP contribution in [0.3, 0.4) is 0 Å². The Balaban J connectivity index is 1.64. The number of rotatable bonds is 11. The van der Waals surface area contributed by atoms with Crippen molar-refractivity contribution in [1.82, 2.24) is 20.1 Å². The molecule has 9 nitrogen and oxygen atoms in total. The molecule has 0 unspecified atom stereocenters. The van der Waals surface area contributed by atoms with Crippen LogP contribution in [0.25, 0.3) is 0 Å². The second-order valence-corrected chi connectivity index (χ2v) is 10.6. The zero-order valence-electron chi connectivity index (χ0n) is 21.5. The summed E-state index contributed by atoms with van der Waals surface area (Å²) in [7, 11) is 1.79. The van der Waals surface area contributed by atoms with Gasteiger partial charge in [0.25, 0.3) is 5.91 Å². The van der Waals surface area contributed by atoms with E-state index >= 15 is 0 Å². The van der Waals surface area contributed by atoms with Crippen LogP contribution in [0.4, 0.5) is 5.69 Å². The van der Waals surface area contributed by atoms with E-state index in [0.717, 1.165) is 0 Å². The van der Waals surface area contributed by atoms with Crippen LogP contribution >= 0.6 is 35.0 Å². The number of nitrogens with zero attached hydrogens (tertiary/aromatic N) is 3. The number of thioether (sulfide) groups is 1. The predicted octanol–water partition coefficient (Wildman–Crippen LogP) is 5.55. The van der Waals surface area contributed by atoms with Crippen molar-refractivity contribution in [2.45, 2.75) is 38.4 Å². The molecule has 2 amide bonds. The van der Waals surface area contributed by atoms with Gasteiger partial charge < -0.3 is 19.9 Å². The summed E-state index contributed by atoms with van der Waals surface area (Å²) in [6.45, 7) is 6.12. The number of nitrogens with one attached hydrogen (secondary N) is 2. The number of carbonyl (C=O) groups excluding carboxylic acids is 3. The summed E-state index contributed by atoms with van der Waals surface area (Å²) in [6.07, 6.45) is 0.621. The Kier molecular flexibility index (Phi) is 10.6. The third-order valence-corrected chi connectivity index (χ3v) is 6.95. The van der Waals surface area contributed by atoms with E-state index in [1.807, 2.05) is 13.8 Å². The van der Waals surface area contributed by atoms with Crippen LogP contribution in [-0.2, 0) is 16.6 Å². The summed E-state index contributed by atoms with van der Waals surface area (Å²) in [5.74, 6) is -0.0879. The number of aromatic nitrogens is 3. The molecule has 3 aromatic rings. The minimum Gasteiger partial charge on any atom is -0.462 e. The first-order valence-electron chi connectivity index (χ1n) is 11.9. The van der Waals surface area contributed by atoms with E-state index in [0.29, 0.717) is 45.8 Å². The van der Waals surface area contributed by atoms with E-state index in [1.165, 1.54) is 17.8 Å². The molecule has 0 radical (unpaired) electrons. The molecule has 202 valence electrons. The fourth-order valence-corrected chi connectivity index (χ4v) is 4.81. The van der Waals surface area contributed by atoms with Gasteiger partial charge in [-0.15, -0.1) is 10.2 Å². The van der Waals surface area contributed by atoms with Crippen molar-refractivity contribution in [2.75, 3.05) is 17.7 Å². The number of anilines is 1. The van der Waals surface area contributed by atoms with E-state index in [4.69, 9.17) is 27.9 Å². The Morgan fingerprint density at radius 2 is 1.79 bits per heavy atom. The molecule has 0 spiro atoms. The molecule has 3 rings (SSSR count). The van der Waals surface area contributed by atoms with Crippen molar-refractivity contribution in [2.24, 2.45) is 13.0 Å². The predicted molar refractivity (Wildman–Crippen MR) is 149 cm³/mol. The maximum Gasteiger partial charge on any atom is 0.338 e. The Morgan fingerprint density at radius 3 is 2.42 bits per heavy atom. The molecule has 12 heteroatoms. The molecule has 0 saturated heterocycles. The van der Waals surface area contributed by atoms with Gasteiger partial charge in [0, 0.05) is 17.8 Å². The van der Waals surface area contributed by atoms with Crippen molar-refractivity contribution < 1.29 is 19.1 Å². The van der Waals surface area contributed by atoms with Gasteiger partial charge in [0.15, 0.2) is 11.0 Å². The average molecular weight is 579 g/mol. The van der Waals surface area contributed by atoms with Crippen molar-refractivity contribution in [3.05, 3.63) is 69.5 Å². The molecule has 2 aromatic carbocycles. The minimum absolute atomic E-state index is 0.0905. The van der Waals surface area contributed by atoms with Crippen LogP contribution in [0.5, 0.6) is 0 Å². The SMILES string of the molecule is CCOC(=O)c1ccc(NC(=O)CSc2nnc([C@@H](CC(C)C)NC(=O)c3ccc(Cl)cc3Cl)n2C)cc1. The molecule has 38 heavy (non-hydrogen) atoms. The molecule has 0 aliphatic rings. The minimum atomic E-state index is -0.423. The van der Waals surface area contributed by atoms with Crippen LogP contribution in [0.2, 0.25) is 10.0 Å². The highest BCUT2D eigenvalue weighted by Gasteiger charge is 2.24. The standard InChI is InChI=1S/C26H29Cl2N5O4S/c1-5-37-25(36)16-6-9-18(10-7-16)29-22(34)14-38-26-32-31-23(33(26)4)21(12-15(2)3)30-24(35)19-11-8-17(27)13-20(19)28/h6-11,13,15,21H,5,12,14H2,1-4H3,(H,29,34)(H,30,35)/t21-/m1/s1. The lowest BCUT2D eigenvalue weighted by Crippen LogP contribution is -2.31. The molecule has 0 bridgehead atoms. The summed E-state index contributed by atoms with van der Waals surface area (Å²) in [5, 5.41) is 15.6. The first-order valence-corrected chi connectivity index (χ1v) is 13.7. The maximum atomic E-state index is 13.0. The quantitative estimate of drug-likeness (QED) is 0.227. The first kappa shape index (κ1) is 29.5. The molecule has 1 atom stereocenters.